The van der Waals surface area contributed by atoms with Crippen LogP contribution in [0, 0.1) is 17.8 Å². The summed E-state index contributed by atoms with van der Waals surface area (Å²) in [5.41, 5.74) is 1.09. The molecule has 0 aromatic heterocycles. The van der Waals surface area contributed by atoms with Crippen molar-refractivity contribution in [3.8, 4) is 17.6 Å². The van der Waals surface area contributed by atoms with Crippen molar-refractivity contribution in [1.82, 2.24) is 0 Å². The van der Waals surface area contributed by atoms with E-state index in [-0.39, 0.29) is 11.9 Å². The van der Waals surface area contributed by atoms with Crippen molar-refractivity contribution in [2.45, 2.75) is 20.3 Å². The summed E-state index contributed by atoms with van der Waals surface area (Å²) in [7, 11) is 1.41. The van der Waals surface area contributed by atoms with Gasteiger partial charge in [-0.2, -0.15) is 0 Å². The Kier molecular flexibility index (Phi) is 5.79. The van der Waals surface area contributed by atoms with Crippen LogP contribution in [0.15, 0.2) is 24.3 Å². The molecule has 1 atom stereocenters. The van der Waals surface area contributed by atoms with E-state index in [0.717, 1.165) is 11.3 Å². The van der Waals surface area contributed by atoms with Crippen LogP contribution in [0.3, 0.4) is 0 Å². The average molecular weight is 246 g/mol. The second-order valence-electron chi connectivity index (χ2n) is 3.99. The third kappa shape index (κ3) is 4.50. The molecule has 0 fully saturated rings. The summed E-state index contributed by atoms with van der Waals surface area (Å²) in [4.78, 5) is 11.3. The minimum absolute atomic E-state index is 0.132. The molecule has 0 amide bonds. The Morgan fingerprint density at radius 1 is 1.33 bits per heavy atom. The SMILES string of the molecule is CC#CCOc1ccc(C[C@H](C)C(=O)OC)cc1. The zero-order valence-electron chi connectivity index (χ0n) is 11.0. The van der Waals surface area contributed by atoms with Crippen molar-refractivity contribution in [2.24, 2.45) is 5.92 Å². The molecule has 3 heteroatoms. The Labute approximate surface area is 108 Å². The normalized spacial score (nSPS) is 11.1. The van der Waals surface area contributed by atoms with Crippen molar-refractivity contribution in [3.05, 3.63) is 29.8 Å². The molecule has 0 bridgehead atoms. The predicted octanol–water partition coefficient (Wildman–Crippen LogP) is 2.44. The average Bonchev–Trinajstić information content (AvgIpc) is 2.40. The monoisotopic (exact) mass is 246 g/mol. The van der Waals surface area contributed by atoms with Gasteiger partial charge in [-0.15, -0.1) is 5.92 Å². The number of hydrogen-bond donors (Lipinski definition) is 0. The molecule has 0 saturated carbocycles. The first-order valence-corrected chi connectivity index (χ1v) is 5.86. The summed E-state index contributed by atoms with van der Waals surface area (Å²) >= 11 is 0. The molecule has 0 aliphatic heterocycles. The molecule has 1 aromatic rings. The Hall–Kier alpha value is -1.95. The molecule has 0 heterocycles. The van der Waals surface area contributed by atoms with E-state index in [1.165, 1.54) is 7.11 Å². The van der Waals surface area contributed by atoms with Crippen LogP contribution < -0.4 is 4.74 Å². The number of benzene rings is 1. The Bertz CT molecular complexity index is 437. The fourth-order valence-electron chi connectivity index (χ4n) is 1.55. The summed E-state index contributed by atoms with van der Waals surface area (Å²) < 4.78 is 10.1. The van der Waals surface area contributed by atoms with Crippen LogP contribution in [0.5, 0.6) is 5.75 Å². The maximum absolute atomic E-state index is 11.3. The van der Waals surface area contributed by atoms with E-state index in [9.17, 15) is 4.79 Å². The number of hydrogen-bond acceptors (Lipinski definition) is 3. The van der Waals surface area contributed by atoms with E-state index < -0.39 is 0 Å². The zero-order chi connectivity index (χ0) is 13.4. The highest BCUT2D eigenvalue weighted by molar-refractivity contribution is 5.72. The van der Waals surface area contributed by atoms with Gasteiger partial charge in [0.2, 0.25) is 0 Å². The maximum atomic E-state index is 11.3. The van der Waals surface area contributed by atoms with E-state index >= 15 is 0 Å². The van der Waals surface area contributed by atoms with Crippen LogP contribution >= 0.6 is 0 Å². The quantitative estimate of drug-likeness (QED) is 0.591. The van der Waals surface area contributed by atoms with E-state index in [1.807, 2.05) is 31.2 Å². The van der Waals surface area contributed by atoms with Crippen molar-refractivity contribution in [3.63, 3.8) is 0 Å². The Balaban J connectivity index is 2.53. The van der Waals surface area contributed by atoms with Gasteiger partial charge in [0, 0.05) is 0 Å². The van der Waals surface area contributed by atoms with Crippen molar-refractivity contribution >= 4 is 5.97 Å². The van der Waals surface area contributed by atoms with Gasteiger partial charge in [-0.25, -0.2) is 0 Å². The van der Waals surface area contributed by atoms with Crippen molar-refractivity contribution < 1.29 is 14.3 Å². The third-order valence-corrected chi connectivity index (χ3v) is 2.56. The minimum Gasteiger partial charge on any atom is -0.481 e. The van der Waals surface area contributed by atoms with Gasteiger partial charge in [0.25, 0.3) is 0 Å². The highest BCUT2D eigenvalue weighted by Crippen LogP contribution is 2.15. The molecule has 0 unspecified atom stereocenters. The van der Waals surface area contributed by atoms with E-state index in [1.54, 1.807) is 6.92 Å². The third-order valence-electron chi connectivity index (χ3n) is 2.56. The molecule has 0 aliphatic carbocycles. The number of esters is 1. The molecule has 0 spiro atoms. The number of carbonyl (C=O) groups is 1. The molecule has 0 saturated heterocycles. The number of ether oxygens (including phenoxy) is 2. The zero-order valence-corrected chi connectivity index (χ0v) is 11.0. The summed E-state index contributed by atoms with van der Waals surface area (Å²) in [6.07, 6.45) is 0.668. The molecule has 0 N–H and O–H groups in total. The van der Waals surface area contributed by atoms with Crippen LogP contribution in [-0.2, 0) is 16.0 Å². The highest BCUT2D eigenvalue weighted by atomic mass is 16.5. The van der Waals surface area contributed by atoms with Gasteiger partial charge < -0.3 is 9.47 Å². The fraction of sp³-hybridized carbons (Fsp3) is 0.400. The van der Waals surface area contributed by atoms with Crippen LogP contribution in [0.1, 0.15) is 19.4 Å². The smallest absolute Gasteiger partial charge is 0.308 e. The van der Waals surface area contributed by atoms with Gasteiger partial charge in [-0.3, -0.25) is 4.79 Å². The highest BCUT2D eigenvalue weighted by Gasteiger charge is 2.13. The van der Waals surface area contributed by atoms with Crippen molar-refractivity contribution in [2.75, 3.05) is 13.7 Å². The van der Waals surface area contributed by atoms with Gasteiger partial charge in [-0.05, 0) is 31.0 Å². The molecule has 96 valence electrons. The topological polar surface area (TPSA) is 35.5 Å². The predicted molar refractivity (Wildman–Crippen MR) is 70.3 cm³/mol. The van der Waals surface area contributed by atoms with Crippen molar-refractivity contribution in [1.29, 1.82) is 0 Å². The summed E-state index contributed by atoms with van der Waals surface area (Å²) in [5.74, 6) is 6.07. The molecular weight excluding hydrogens is 228 g/mol. The molecule has 0 radical (unpaired) electrons. The standard InChI is InChI=1S/C15H18O3/c1-4-5-10-18-14-8-6-13(7-9-14)11-12(2)15(16)17-3/h6-9,12H,10-11H2,1-3H3/t12-/m0/s1. The van der Waals surface area contributed by atoms with E-state index in [0.29, 0.717) is 13.0 Å². The van der Waals surface area contributed by atoms with Gasteiger partial charge >= 0.3 is 5.97 Å². The molecular formula is C15H18O3. The lowest BCUT2D eigenvalue weighted by molar-refractivity contribution is -0.144. The Morgan fingerprint density at radius 2 is 2.00 bits per heavy atom. The minimum atomic E-state index is -0.187. The molecule has 3 nitrogen and oxygen atoms in total. The van der Waals surface area contributed by atoms with Gasteiger partial charge in [0.15, 0.2) is 0 Å². The van der Waals surface area contributed by atoms with Gasteiger partial charge in [0.05, 0.1) is 13.0 Å². The molecule has 0 aliphatic rings. The second-order valence-corrected chi connectivity index (χ2v) is 3.99. The summed E-state index contributed by atoms with van der Waals surface area (Å²) in [6.45, 7) is 4.03. The van der Waals surface area contributed by atoms with E-state index in [2.05, 4.69) is 11.8 Å². The lowest BCUT2D eigenvalue weighted by Crippen LogP contribution is -2.15. The fourth-order valence-corrected chi connectivity index (χ4v) is 1.55. The lowest BCUT2D eigenvalue weighted by atomic mass is 10.0. The molecule has 18 heavy (non-hydrogen) atoms. The van der Waals surface area contributed by atoms with Gasteiger partial charge in [-0.1, -0.05) is 25.0 Å². The second kappa shape index (κ2) is 7.39. The van der Waals surface area contributed by atoms with Gasteiger partial charge in [0.1, 0.15) is 12.4 Å². The number of methoxy groups -OCH3 is 1. The number of carbonyl (C=O) groups excluding carboxylic acids is 1. The first kappa shape index (κ1) is 14.1. The molecule has 1 aromatic carbocycles. The largest absolute Gasteiger partial charge is 0.481 e. The summed E-state index contributed by atoms with van der Waals surface area (Å²) in [5, 5.41) is 0. The molecule has 1 rings (SSSR count). The van der Waals surface area contributed by atoms with E-state index in [4.69, 9.17) is 9.47 Å². The van der Waals surface area contributed by atoms with Crippen LogP contribution in [0.2, 0.25) is 0 Å². The number of rotatable bonds is 5. The first-order chi connectivity index (χ1) is 8.67. The summed E-state index contributed by atoms with van der Waals surface area (Å²) in [6, 6.07) is 7.68. The van der Waals surface area contributed by atoms with Crippen LogP contribution in [0.4, 0.5) is 0 Å². The van der Waals surface area contributed by atoms with Crippen LogP contribution in [-0.4, -0.2) is 19.7 Å². The lowest BCUT2D eigenvalue weighted by Gasteiger charge is -2.09. The Morgan fingerprint density at radius 3 is 2.56 bits per heavy atom. The first-order valence-electron chi connectivity index (χ1n) is 5.86. The van der Waals surface area contributed by atoms with Crippen LogP contribution in [0.25, 0.3) is 0 Å². The maximum Gasteiger partial charge on any atom is 0.308 e.